The fraction of sp³-hybridized carbons (Fsp3) is 1.00. The number of nitrogens with one attached hydrogen (secondary N) is 1. The molecule has 0 amide bonds. The summed E-state index contributed by atoms with van der Waals surface area (Å²) in [4.78, 5) is 2.53. The second-order valence-electron chi connectivity index (χ2n) is 8.50. The highest BCUT2D eigenvalue weighted by molar-refractivity contribution is 4.90. The molecule has 0 aromatic rings. The fourth-order valence-electron chi connectivity index (χ4n) is 3.92. The Morgan fingerprint density at radius 1 is 1.14 bits per heavy atom. The van der Waals surface area contributed by atoms with Crippen molar-refractivity contribution in [3.63, 3.8) is 0 Å². The van der Waals surface area contributed by atoms with E-state index in [1.807, 2.05) is 0 Å². The summed E-state index contributed by atoms with van der Waals surface area (Å²) >= 11 is 0. The van der Waals surface area contributed by atoms with Crippen LogP contribution < -0.4 is 5.32 Å². The van der Waals surface area contributed by atoms with Gasteiger partial charge in [-0.3, -0.25) is 0 Å². The number of likely N-dealkylation sites (N-methyl/N-ethyl adjacent to an activating group) is 1. The van der Waals surface area contributed by atoms with Crippen molar-refractivity contribution in [3.05, 3.63) is 0 Å². The molecule has 1 saturated carbocycles. The van der Waals surface area contributed by atoms with E-state index in [4.69, 9.17) is 4.74 Å². The maximum Gasteiger partial charge on any atom is 0.0702 e. The van der Waals surface area contributed by atoms with Crippen LogP contribution in [0.4, 0.5) is 0 Å². The van der Waals surface area contributed by atoms with E-state index >= 15 is 0 Å². The van der Waals surface area contributed by atoms with Gasteiger partial charge in [-0.15, -0.1) is 0 Å². The third kappa shape index (κ3) is 5.88. The number of nitrogens with zero attached hydrogens (tertiary/aromatic N) is 1. The van der Waals surface area contributed by atoms with Gasteiger partial charge in [-0.1, -0.05) is 19.3 Å². The van der Waals surface area contributed by atoms with Crippen LogP contribution in [0, 0.1) is 5.41 Å². The summed E-state index contributed by atoms with van der Waals surface area (Å²) in [6.45, 7) is 11.3. The van der Waals surface area contributed by atoms with Crippen LogP contribution in [-0.4, -0.2) is 49.8 Å². The van der Waals surface area contributed by atoms with Crippen molar-refractivity contribution in [2.24, 2.45) is 5.41 Å². The molecule has 0 radical (unpaired) electrons. The van der Waals surface area contributed by atoms with E-state index in [0.29, 0.717) is 11.5 Å². The van der Waals surface area contributed by atoms with Gasteiger partial charge in [-0.25, -0.2) is 0 Å². The lowest BCUT2D eigenvalue weighted by molar-refractivity contribution is 0.0517. The molecule has 0 bridgehead atoms. The summed E-state index contributed by atoms with van der Waals surface area (Å²) in [5.41, 5.74) is 0.691. The van der Waals surface area contributed by atoms with Crippen LogP contribution in [0.5, 0.6) is 0 Å². The van der Waals surface area contributed by atoms with E-state index in [2.05, 4.69) is 38.0 Å². The zero-order valence-electron chi connectivity index (χ0n) is 14.7. The highest BCUT2D eigenvalue weighted by Crippen LogP contribution is 2.37. The van der Waals surface area contributed by atoms with Crippen LogP contribution in [0.2, 0.25) is 0 Å². The molecule has 0 aromatic heterocycles. The molecule has 0 spiro atoms. The summed E-state index contributed by atoms with van der Waals surface area (Å²) in [6.07, 6.45) is 9.96. The highest BCUT2D eigenvalue weighted by atomic mass is 16.5. The van der Waals surface area contributed by atoms with Crippen LogP contribution in [0.1, 0.15) is 65.7 Å². The number of hydrogen-bond donors (Lipinski definition) is 1. The second-order valence-corrected chi connectivity index (χ2v) is 8.50. The smallest absolute Gasteiger partial charge is 0.0702 e. The predicted octanol–water partition coefficient (Wildman–Crippen LogP) is 3.44. The Balaban J connectivity index is 1.88. The van der Waals surface area contributed by atoms with Crippen molar-refractivity contribution in [2.75, 3.05) is 33.3 Å². The van der Waals surface area contributed by atoms with Crippen molar-refractivity contribution in [2.45, 2.75) is 77.4 Å². The molecule has 0 aromatic carbocycles. The van der Waals surface area contributed by atoms with Gasteiger partial charge < -0.3 is 15.0 Å². The van der Waals surface area contributed by atoms with Gasteiger partial charge in [-0.05, 0) is 58.9 Å². The minimum absolute atomic E-state index is 0.220. The molecule has 1 unspecified atom stereocenters. The Bertz CT molecular complexity index is 299. The van der Waals surface area contributed by atoms with E-state index in [-0.39, 0.29) is 5.54 Å². The first kappa shape index (κ1) is 17.2. The lowest BCUT2D eigenvalue weighted by atomic mass is 9.73. The third-order valence-corrected chi connectivity index (χ3v) is 5.05. The summed E-state index contributed by atoms with van der Waals surface area (Å²) in [7, 11) is 2.29. The van der Waals surface area contributed by atoms with Gasteiger partial charge in [0.25, 0.3) is 0 Å². The molecule has 1 N–H and O–H groups in total. The summed E-state index contributed by atoms with van der Waals surface area (Å²) in [5.74, 6) is 0. The molecule has 3 heteroatoms. The van der Waals surface area contributed by atoms with Crippen molar-refractivity contribution in [3.8, 4) is 0 Å². The Labute approximate surface area is 131 Å². The van der Waals surface area contributed by atoms with Crippen molar-refractivity contribution < 1.29 is 4.74 Å². The molecule has 124 valence electrons. The summed E-state index contributed by atoms with van der Waals surface area (Å²) in [6, 6.07) is 0. The average Bonchev–Trinajstić information content (AvgIpc) is 2.89. The van der Waals surface area contributed by atoms with Crippen LogP contribution >= 0.6 is 0 Å². The lowest BCUT2D eigenvalue weighted by Gasteiger charge is -2.42. The van der Waals surface area contributed by atoms with Crippen molar-refractivity contribution in [1.82, 2.24) is 10.2 Å². The SMILES string of the molecule is CN(CC1CCCO1)CC1(CNC(C)(C)C)CCCCC1. The molecule has 2 aliphatic rings. The second kappa shape index (κ2) is 7.43. The quantitative estimate of drug-likeness (QED) is 0.812. The third-order valence-electron chi connectivity index (χ3n) is 5.05. The Morgan fingerprint density at radius 3 is 2.43 bits per heavy atom. The van der Waals surface area contributed by atoms with E-state index in [1.54, 1.807) is 0 Å². The Kier molecular flexibility index (Phi) is 6.10. The monoisotopic (exact) mass is 296 g/mol. The van der Waals surface area contributed by atoms with Crippen LogP contribution in [0.15, 0.2) is 0 Å². The maximum absolute atomic E-state index is 5.80. The fourth-order valence-corrected chi connectivity index (χ4v) is 3.92. The molecule has 1 aliphatic heterocycles. The number of ether oxygens (including phenoxy) is 1. The molecular weight excluding hydrogens is 260 g/mol. The molecule has 3 nitrogen and oxygen atoms in total. The van der Waals surface area contributed by atoms with Crippen LogP contribution in [0.25, 0.3) is 0 Å². The molecule has 1 saturated heterocycles. The zero-order chi connectivity index (χ0) is 15.3. The molecule has 1 heterocycles. The molecule has 2 fully saturated rings. The molecule has 1 aliphatic carbocycles. The standard InChI is InChI=1S/C18H36N2O/c1-17(2,3)19-14-18(10-6-5-7-11-18)15-20(4)13-16-9-8-12-21-16/h16,19H,5-15H2,1-4H3. The van der Waals surface area contributed by atoms with E-state index in [1.165, 1.54) is 51.5 Å². The van der Waals surface area contributed by atoms with Gasteiger partial charge in [0, 0.05) is 31.8 Å². The zero-order valence-corrected chi connectivity index (χ0v) is 14.7. The largest absolute Gasteiger partial charge is 0.377 e. The van der Waals surface area contributed by atoms with E-state index in [0.717, 1.165) is 19.7 Å². The Hall–Kier alpha value is -0.120. The minimum atomic E-state index is 0.220. The molecule has 2 rings (SSSR count). The van der Waals surface area contributed by atoms with Gasteiger partial charge in [0.1, 0.15) is 0 Å². The topological polar surface area (TPSA) is 24.5 Å². The maximum atomic E-state index is 5.80. The van der Waals surface area contributed by atoms with E-state index in [9.17, 15) is 0 Å². The normalized spacial score (nSPS) is 26.4. The minimum Gasteiger partial charge on any atom is -0.377 e. The van der Waals surface area contributed by atoms with E-state index < -0.39 is 0 Å². The van der Waals surface area contributed by atoms with Gasteiger partial charge in [0.2, 0.25) is 0 Å². The summed E-state index contributed by atoms with van der Waals surface area (Å²) in [5, 5.41) is 3.77. The number of rotatable bonds is 6. The Morgan fingerprint density at radius 2 is 1.86 bits per heavy atom. The first-order valence-corrected chi connectivity index (χ1v) is 8.94. The highest BCUT2D eigenvalue weighted by Gasteiger charge is 2.34. The first-order chi connectivity index (χ1) is 9.89. The van der Waals surface area contributed by atoms with Gasteiger partial charge in [-0.2, -0.15) is 0 Å². The predicted molar refractivity (Wildman–Crippen MR) is 89.7 cm³/mol. The van der Waals surface area contributed by atoms with Crippen LogP contribution in [-0.2, 0) is 4.74 Å². The van der Waals surface area contributed by atoms with Gasteiger partial charge >= 0.3 is 0 Å². The van der Waals surface area contributed by atoms with Gasteiger partial charge in [0.15, 0.2) is 0 Å². The van der Waals surface area contributed by atoms with Crippen LogP contribution in [0.3, 0.4) is 0 Å². The molecular formula is C18H36N2O. The number of hydrogen-bond acceptors (Lipinski definition) is 3. The van der Waals surface area contributed by atoms with Gasteiger partial charge in [0.05, 0.1) is 6.10 Å². The molecule has 21 heavy (non-hydrogen) atoms. The average molecular weight is 296 g/mol. The van der Waals surface area contributed by atoms with Crippen molar-refractivity contribution >= 4 is 0 Å². The lowest BCUT2D eigenvalue weighted by Crippen LogP contribution is -2.50. The molecule has 1 atom stereocenters. The van der Waals surface area contributed by atoms with Crippen molar-refractivity contribution in [1.29, 1.82) is 0 Å². The summed E-state index contributed by atoms with van der Waals surface area (Å²) < 4.78 is 5.80. The first-order valence-electron chi connectivity index (χ1n) is 8.94.